The number of amides is 2. The van der Waals surface area contributed by atoms with Crippen LogP contribution in [-0.4, -0.2) is 21.1 Å². The highest BCUT2D eigenvalue weighted by Gasteiger charge is 2.36. The molecule has 0 radical (unpaired) electrons. The van der Waals surface area contributed by atoms with Gasteiger partial charge in [0.25, 0.3) is 5.89 Å². The predicted octanol–water partition coefficient (Wildman–Crippen LogP) is 5.70. The van der Waals surface area contributed by atoms with Crippen LogP contribution in [0.25, 0.3) is 16.3 Å². The maximum absolute atomic E-state index is 14.0. The number of benzene rings is 1. The van der Waals surface area contributed by atoms with Crippen molar-refractivity contribution in [3.05, 3.63) is 87.1 Å². The fourth-order valence-electron chi connectivity index (χ4n) is 3.58. The molecule has 0 saturated heterocycles. The van der Waals surface area contributed by atoms with E-state index >= 15 is 0 Å². The van der Waals surface area contributed by atoms with Crippen LogP contribution in [0.5, 0.6) is 0 Å². The first-order valence-electron chi connectivity index (χ1n) is 9.55. The van der Waals surface area contributed by atoms with Crippen LogP contribution >= 0.6 is 22.7 Å². The summed E-state index contributed by atoms with van der Waals surface area (Å²) in [5.74, 6) is 0.394. The molecule has 2 amide bonds. The quantitative estimate of drug-likeness (QED) is 0.422. The fourth-order valence-corrected chi connectivity index (χ4v) is 4.92. The average molecular weight is 453 g/mol. The van der Waals surface area contributed by atoms with Crippen LogP contribution in [-0.2, 0) is 6.54 Å². The number of hydrogen-bond acceptors (Lipinski definition) is 6. The third-order valence-corrected chi connectivity index (χ3v) is 6.80. The third kappa shape index (κ3) is 3.77. The number of carbonyl (C=O) groups is 1. The zero-order valence-electron chi connectivity index (χ0n) is 16.4. The van der Waals surface area contributed by atoms with Crippen molar-refractivity contribution in [1.29, 1.82) is 0 Å². The van der Waals surface area contributed by atoms with Gasteiger partial charge >= 0.3 is 6.03 Å². The highest BCUT2D eigenvalue weighted by atomic mass is 32.1. The van der Waals surface area contributed by atoms with Crippen LogP contribution in [0.2, 0.25) is 0 Å². The van der Waals surface area contributed by atoms with Gasteiger partial charge in [0.2, 0.25) is 5.82 Å². The number of rotatable bonds is 5. The lowest BCUT2D eigenvalue weighted by Gasteiger charge is -2.35. The molecule has 0 fully saturated rings. The van der Waals surface area contributed by atoms with Crippen molar-refractivity contribution in [3.63, 3.8) is 0 Å². The van der Waals surface area contributed by atoms with Gasteiger partial charge in [0.05, 0.1) is 23.0 Å². The topological polar surface area (TPSA) is 71.3 Å². The summed E-state index contributed by atoms with van der Waals surface area (Å²) in [6.45, 7) is 2.27. The first kappa shape index (κ1) is 19.7. The van der Waals surface area contributed by atoms with Crippen LogP contribution < -0.4 is 5.32 Å². The molecule has 4 heterocycles. The molecule has 0 spiro atoms. The lowest BCUT2D eigenvalue weighted by molar-refractivity contribution is 0.203. The van der Waals surface area contributed by atoms with Crippen molar-refractivity contribution in [2.24, 2.45) is 0 Å². The van der Waals surface area contributed by atoms with Gasteiger partial charge in [-0.25, -0.2) is 9.18 Å². The second-order valence-corrected chi connectivity index (χ2v) is 8.98. The summed E-state index contributed by atoms with van der Waals surface area (Å²) in [5.41, 5.74) is 1.94. The number of thiophene rings is 2. The minimum absolute atomic E-state index is 0.262. The van der Waals surface area contributed by atoms with Crippen LogP contribution in [0.4, 0.5) is 9.18 Å². The summed E-state index contributed by atoms with van der Waals surface area (Å²) >= 11 is 3.09. The number of aromatic nitrogens is 2. The molecule has 3 aromatic heterocycles. The average Bonchev–Trinajstić information content (AvgIpc) is 3.53. The van der Waals surface area contributed by atoms with Crippen LogP contribution in [0.15, 0.2) is 69.5 Å². The Hall–Kier alpha value is -3.30. The molecule has 0 saturated carbocycles. The zero-order valence-corrected chi connectivity index (χ0v) is 18.0. The van der Waals surface area contributed by atoms with Gasteiger partial charge in [-0.2, -0.15) is 4.98 Å². The molecule has 0 bridgehead atoms. The molecule has 1 atom stereocenters. The minimum Gasteiger partial charge on any atom is -0.334 e. The number of hydrogen-bond donors (Lipinski definition) is 1. The maximum atomic E-state index is 14.0. The Bertz CT molecular complexity index is 1250. The lowest BCUT2D eigenvalue weighted by atomic mass is 9.94. The molecule has 1 N–H and O–H groups in total. The second-order valence-electron chi connectivity index (χ2n) is 7.00. The van der Waals surface area contributed by atoms with E-state index in [-0.39, 0.29) is 11.8 Å². The van der Waals surface area contributed by atoms with Gasteiger partial charge in [-0.3, -0.25) is 4.90 Å². The molecule has 156 valence electrons. The van der Waals surface area contributed by atoms with Gasteiger partial charge < -0.3 is 9.84 Å². The van der Waals surface area contributed by atoms with Gasteiger partial charge in [0.1, 0.15) is 5.82 Å². The Morgan fingerprint density at radius 3 is 2.74 bits per heavy atom. The molecule has 9 heteroatoms. The smallest absolute Gasteiger partial charge is 0.322 e. The third-order valence-electron chi connectivity index (χ3n) is 5.07. The molecule has 31 heavy (non-hydrogen) atoms. The van der Waals surface area contributed by atoms with E-state index in [2.05, 4.69) is 15.5 Å². The molecule has 4 aromatic rings. The highest BCUT2D eigenvalue weighted by molar-refractivity contribution is 7.13. The van der Waals surface area contributed by atoms with Gasteiger partial charge in [0.15, 0.2) is 0 Å². The number of nitrogens with one attached hydrogen (secondary N) is 1. The lowest BCUT2D eigenvalue weighted by Crippen LogP contribution is -2.45. The molecule has 5 rings (SSSR count). The summed E-state index contributed by atoms with van der Waals surface area (Å²) in [4.78, 5) is 21.2. The first-order chi connectivity index (χ1) is 15.1. The normalized spacial score (nSPS) is 16.6. The number of carbonyl (C=O) groups excluding carboxylic acids is 1. The molecular weight excluding hydrogens is 435 g/mol. The fraction of sp³-hybridized carbons (Fsp3) is 0.136. The number of halogens is 1. The summed E-state index contributed by atoms with van der Waals surface area (Å²) in [5, 5.41) is 11.0. The Balaban J connectivity index is 1.62. The molecule has 6 nitrogen and oxygen atoms in total. The second kappa shape index (κ2) is 8.09. The Morgan fingerprint density at radius 1 is 1.16 bits per heavy atom. The monoisotopic (exact) mass is 452 g/mol. The summed E-state index contributed by atoms with van der Waals surface area (Å²) in [7, 11) is 0. The van der Waals surface area contributed by atoms with Crippen LogP contribution in [0.3, 0.4) is 0 Å². The van der Waals surface area contributed by atoms with Crippen LogP contribution in [0.1, 0.15) is 29.3 Å². The maximum Gasteiger partial charge on any atom is 0.322 e. The van der Waals surface area contributed by atoms with Crippen molar-refractivity contribution >= 4 is 34.3 Å². The summed E-state index contributed by atoms with van der Waals surface area (Å²) in [6.07, 6.45) is 0. The standard InChI is InChI=1S/C22H17FN4O2S2/c1-13-18(21-25-20(26-29-21)17-8-4-10-31-17)19(14-5-2-6-15(23)11-14)24-22(28)27(13)12-16-7-3-9-30-16/h2-11,19H,12H2,1H3,(H,24,28). The Labute approximate surface area is 185 Å². The van der Waals surface area contributed by atoms with E-state index in [1.807, 2.05) is 41.9 Å². The molecule has 1 aliphatic rings. The van der Waals surface area contributed by atoms with Gasteiger partial charge in [-0.1, -0.05) is 29.4 Å². The van der Waals surface area contributed by atoms with Crippen molar-refractivity contribution in [2.75, 3.05) is 0 Å². The van der Waals surface area contributed by atoms with Crippen molar-refractivity contribution in [1.82, 2.24) is 20.4 Å². The zero-order chi connectivity index (χ0) is 21.4. The van der Waals surface area contributed by atoms with E-state index in [0.717, 1.165) is 9.75 Å². The minimum atomic E-state index is -0.612. The van der Waals surface area contributed by atoms with E-state index < -0.39 is 6.04 Å². The van der Waals surface area contributed by atoms with Gasteiger partial charge in [-0.05, 0) is 47.5 Å². The molecule has 0 aliphatic carbocycles. The molecule has 1 aliphatic heterocycles. The van der Waals surface area contributed by atoms with Gasteiger partial charge in [-0.15, -0.1) is 22.7 Å². The summed E-state index contributed by atoms with van der Waals surface area (Å²) < 4.78 is 19.6. The summed E-state index contributed by atoms with van der Waals surface area (Å²) in [6, 6.07) is 13.0. The number of urea groups is 1. The van der Waals surface area contributed by atoms with Crippen molar-refractivity contribution in [3.8, 4) is 10.7 Å². The number of allylic oxidation sites excluding steroid dienone is 1. The molecular formula is C22H17FN4O2S2. The van der Waals surface area contributed by atoms with E-state index in [1.165, 1.54) is 23.5 Å². The SMILES string of the molecule is CC1=C(c2nc(-c3cccs3)no2)C(c2cccc(F)c2)NC(=O)N1Cc1cccs1. The Kier molecular flexibility index (Phi) is 5.13. The largest absolute Gasteiger partial charge is 0.334 e. The van der Waals surface area contributed by atoms with Gasteiger partial charge in [0, 0.05) is 10.6 Å². The molecule has 1 unspecified atom stereocenters. The molecule has 1 aromatic carbocycles. The van der Waals surface area contributed by atoms with Crippen molar-refractivity contribution < 1.29 is 13.7 Å². The van der Waals surface area contributed by atoms with E-state index in [9.17, 15) is 9.18 Å². The van der Waals surface area contributed by atoms with Crippen LogP contribution in [0, 0.1) is 5.82 Å². The van der Waals surface area contributed by atoms with Crippen molar-refractivity contribution in [2.45, 2.75) is 19.5 Å². The Morgan fingerprint density at radius 2 is 2.00 bits per heavy atom. The predicted molar refractivity (Wildman–Crippen MR) is 118 cm³/mol. The van der Waals surface area contributed by atoms with E-state index in [1.54, 1.807) is 28.4 Å². The number of nitrogens with zero attached hydrogens (tertiary/aromatic N) is 3. The first-order valence-corrected chi connectivity index (χ1v) is 11.3. The van der Waals surface area contributed by atoms with E-state index in [0.29, 0.717) is 35.1 Å². The van der Waals surface area contributed by atoms with E-state index in [4.69, 9.17) is 4.52 Å². The highest BCUT2D eigenvalue weighted by Crippen LogP contribution is 2.38.